The first kappa shape index (κ1) is 25.6. The lowest BCUT2D eigenvalue weighted by Gasteiger charge is -2.26. The number of para-hydroxylation sites is 1. The number of benzene rings is 3. The van der Waals surface area contributed by atoms with Crippen molar-refractivity contribution in [2.75, 3.05) is 13.2 Å². The molecule has 4 aromatic rings. The number of rotatable bonds is 12. The van der Waals surface area contributed by atoms with E-state index in [4.69, 9.17) is 14.6 Å². The van der Waals surface area contributed by atoms with E-state index in [-0.39, 0.29) is 12.7 Å². The Morgan fingerprint density at radius 1 is 0.861 bits per heavy atom. The van der Waals surface area contributed by atoms with Crippen LogP contribution in [0, 0.1) is 0 Å². The predicted octanol–water partition coefficient (Wildman–Crippen LogP) is 5.67. The highest BCUT2D eigenvalue weighted by atomic mass is 16.5. The Hall–Kier alpha value is -3.45. The Morgan fingerprint density at radius 3 is 2.11 bits per heavy atom. The van der Waals surface area contributed by atoms with Crippen molar-refractivity contribution in [2.45, 2.75) is 39.1 Å². The third kappa shape index (κ3) is 7.04. The average Bonchev–Trinajstić information content (AvgIpc) is 3.19. The molecule has 0 aliphatic heterocycles. The molecule has 0 aliphatic rings. The van der Waals surface area contributed by atoms with Crippen LogP contribution in [0.2, 0.25) is 0 Å². The van der Waals surface area contributed by atoms with E-state index >= 15 is 0 Å². The molecule has 0 radical (unpaired) electrons. The second kappa shape index (κ2) is 12.5. The number of aryl methyl sites for hydroxylation is 1. The van der Waals surface area contributed by atoms with Crippen molar-refractivity contribution in [3.8, 4) is 22.9 Å². The van der Waals surface area contributed by atoms with Crippen molar-refractivity contribution in [1.82, 2.24) is 14.7 Å². The molecule has 1 unspecified atom stereocenters. The van der Waals surface area contributed by atoms with Gasteiger partial charge in [0.15, 0.2) is 0 Å². The highest BCUT2D eigenvalue weighted by molar-refractivity contribution is 5.65. The van der Waals surface area contributed by atoms with Crippen molar-refractivity contribution in [3.05, 3.63) is 102 Å². The highest BCUT2D eigenvalue weighted by Gasteiger charge is 2.23. The first-order valence-corrected chi connectivity index (χ1v) is 12.4. The van der Waals surface area contributed by atoms with Gasteiger partial charge in [0.05, 0.1) is 24.4 Å². The quantitative estimate of drug-likeness (QED) is 0.280. The van der Waals surface area contributed by atoms with Gasteiger partial charge in [0.2, 0.25) is 5.88 Å². The van der Waals surface area contributed by atoms with Crippen LogP contribution in [-0.2, 0) is 24.9 Å². The summed E-state index contributed by atoms with van der Waals surface area (Å²) in [6, 6.07) is 30.2. The van der Waals surface area contributed by atoms with Crippen LogP contribution < -0.4 is 4.74 Å². The van der Waals surface area contributed by atoms with Crippen molar-refractivity contribution in [1.29, 1.82) is 0 Å². The Labute approximate surface area is 213 Å². The molecule has 0 bridgehead atoms. The van der Waals surface area contributed by atoms with Crippen LogP contribution in [0.1, 0.15) is 25.0 Å². The minimum absolute atomic E-state index is 0.0658. The molecule has 0 spiro atoms. The normalized spacial score (nSPS) is 12.3. The molecule has 36 heavy (non-hydrogen) atoms. The maximum atomic E-state index is 10.8. The summed E-state index contributed by atoms with van der Waals surface area (Å²) in [4.78, 5) is 2.23. The van der Waals surface area contributed by atoms with Gasteiger partial charge in [0.1, 0.15) is 11.4 Å². The summed E-state index contributed by atoms with van der Waals surface area (Å²) in [6.07, 6.45) is -0.553. The smallest absolute Gasteiger partial charge is 0.222 e. The van der Waals surface area contributed by atoms with Gasteiger partial charge in [0, 0.05) is 32.2 Å². The van der Waals surface area contributed by atoms with Gasteiger partial charge in [-0.3, -0.25) is 4.90 Å². The Balaban J connectivity index is 1.69. The topological polar surface area (TPSA) is 59.8 Å². The van der Waals surface area contributed by atoms with E-state index in [9.17, 15) is 5.11 Å². The van der Waals surface area contributed by atoms with E-state index in [2.05, 4.69) is 29.2 Å². The third-order valence-electron chi connectivity index (χ3n) is 5.81. The molecule has 0 fully saturated rings. The number of nitrogens with zero attached hydrogens (tertiary/aromatic N) is 3. The second-order valence-corrected chi connectivity index (χ2v) is 9.23. The number of hydrogen-bond donors (Lipinski definition) is 1. The molecule has 1 aromatic heterocycles. The van der Waals surface area contributed by atoms with Gasteiger partial charge in [0.25, 0.3) is 0 Å². The van der Waals surface area contributed by atoms with Gasteiger partial charge >= 0.3 is 0 Å². The molecule has 0 saturated heterocycles. The lowest BCUT2D eigenvalue weighted by atomic mass is 10.1. The van der Waals surface area contributed by atoms with Crippen molar-refractivity contribution < 1.29 is 14.6 Å². The fourth-order valence-electron chi connectivity index (χ4n) is 4.16. The summed E-state index contributed by atoms with van der Waals surface area (Å²) >= 11 is 0. The Kier molecular flexibility index (Phi) is 8.90. The molecule has 1 N–H and O–H groups in total. The third-order valence-corrected chi connectivity index (χ3v) is 5.81. The van der Waals surface area contributed by atoms with Crippen LogP contribution in [0.3, 0.4) is 0 Å². The molecule has 0 amide bonds. The van der Waals surface area contributed by atoms with Gasteiger partial charge in [-0.2, -0.15) is 5.10 Å². The fourth-order valence-corrected chi connectivity index (χ4v) is 4.16. The molecule has 1 heterocycles. The first-order valence-electron chi connectivity index (χ1n) is 12.4. The van der Waals surface area contributed by atoms with Gasteiger partial charge in [-0.1, -0.05) is 78.9 Å². The number of aliphatic hydroxyl groups excluding tert-OH is 1. The summed E-state index contributed by atoms with van der Waals surface area (Å²) in [5, 5.41) is 15.7. The molecule has 188 valence electrons. The summed E-state index contributed by atoms with van der Waals surface area (Å²) in [5.41, 5.74) is 4.04. The van der Waals surface area contributed by atoms with Gasteiger partial charge in [-0.15, -0.1) is 0 Å². The van der Waals surface area contributed by atoms with Gasteiger partial charge in [-0.05, 0) is 31.5 Å². The van der Waals surface area contributed by atoms with Crippen molar-refractivity contribution >= 4 is 0 Å². The van der Waals surface area contributed by atoms with Gasteiger partial charge < -0.3 is 14.6 Å². The van der Waals surface area contributed by atoms with Crippen molar-refractivity contribution in [3.63, 3.8) is 0 Å². The van der Waals surface area contributed by atoms with Crippen LogP contribution in [0.5, 0.6) is 11.6 Å². The van der Waals surface area contributed by atoms with Gasteiger partial charge in [-0.25, -0.2) is 4.68 Å². The lowest BCUT2D eigenvalue weighted by molar-refractivity contribution is -0.0107. The molecular weight excluding hydrogens is 450 g/mol. The van der Waals surface area contributed by atoms with E-state index in [1.54, 1.807) is 4.68 Å². The van der Waals surface area contributed by atoms with Crippen LogP contribution in [-0.4, -0.2) is 45.1 Å². The molecule has 1 atom stereocenters. The van der Waals surface area contributed by atoms with E-state index in [1.807, 2.05) is 87.6 Å². The zero-order valence-corrected chi connectivity index (χ0v) is 21.2. The Morgan fingerprint density at radius 2 is 1.47 bits per heavy atom. The maximum Gasteiger partial charge on any atom is 0.222 e. The minimum Gasteiger partial charge on any atom is -0.439 e. The monoisotopic (exact) mass is 485 g/mol. The molecule has 0 aliphatic carbocycles. The van der Waals surface area contributed by atoms with Crippen LogP contribution in [0.15, 0.2) is 91.0 Å². The second-order valence-electron chi connectivity index (χ2n) is 9.23. The standard InChI is InChI=1S/C30H35N3O3/c1-23(2)35-22-26(34)20-33(19-24-13-7-4-8-14-24)21-28-29(25-15-9-5-10-16-25)31-32(3)30(28)36-27-17-11-6-12-18-27/h4-18,23,26,34H,19-22H2,1-3H3. The largest absolute Gasteiger partial charge is 0.439 e. The lowest BCUT2D eigenvalue weighted by Crippen LogP contribution is -2.35. The van der Waals surface area contributed by atoms with Crippen molar-refractivity contribution in [2.24, 2.45) is 7.05 Å². The fraction of sp³-hybridized carbons (Fsp3) is 0.300. The SMILES string of the molecule is CC(C)OCC(O)CN(Cc1ccccc1)Cc1c(-c2ccccc2)nn(C)c1Oc1ccccc1. The molecule has 0 saturated carbocycles. The zero-order valence-electron chi connectivity index (χ0n) is 21.2. The van der Waals surface area contributed by atoms with E-state index in [0.29, 0.717) is 25.5 Å². The van der Waals surface area contributed by atoms with E-state index < -0.39 is 6.10 Å². The average molecular weight is 486 g/mol. The molecule has 3 aromatic carbocycles. The predicted molar refractivity (Wildman–Crippen MR) is 143 cm³/mol. The Bertz CT molecular complexity index is 1190. The van der Waals surface area contributed by atoms with E-state index in [1.165, 1.54) is 5.56 Å². The first-order chi connectivity index (χ1) is 17.5. The molecular formula is C30H35N3O3. The molecule has 4 rings (SSSR count). The summed E-state index contributed by atoms with van der Waals surface area (Å²) in [7, 11) is 1.90. The highest BCUT2D eigenvalue weighted by Crippen LogP contribution is 2.34. The summed E-state index contributed by atoms with van der Waals surface area (Å²) < 4.78 is 13.8. The number of aromatic nitrogens is 2. The van der Waals surface area contributed by atoms with E-state index in [0.717, 1.165) is 22.6 Å². The molecule has 6 nitrogen and oxygen atoms in total. The summed E-state index contributed by atoms with van der Waals surface area (Å²) in [6.45, 7) is 5.92. The number of ether oxygens (including phenoxy) is 2. The zero-order chi connectivity index (χ0) is 25.3. The number of hydrogen-bond acceptors (Lipinski definition) is 5. The maximum absolute atomic E-state index is 10.8. The minimum atomic E-state index is -0.619. The van der Waals surface area contributed by atoms with Crippen LogP contribution >= 0.6 is 0 Å². The van der Waals surface area contributed by atoms with Crippen LogP contribution in [0.25, 0.3) is 11.3 Å². The number of aliphatic hydroxyl groups is 1. The molecule has 6 heteroatoms. The summed E-state index contributed by atoms with van der Waals surface area (Å²) in [5.74, 6) is 1.44. The van der Waals surface area contributed by atoms with Crippen LogP contribution in [0.4, 0.5) is 0 Å².